The van der Waals surface area contributed by atoms with Gasteiger partial charge >= 0.3 is 0 Å². The van der Waals surface area contributed by atoms with E-state index in [0.717, 1.165) is 18.7 Å². The number of piperazine rings is 1. The molecule has 28 heavy (non-hydrogen) atoms. The molecule has 1 aromatic carbocycles. The highest BCUT2D eigenvalue weighted by molar-refractivity contribution is 5.91. The Balaban J connectivity index is 1.30. The van der Waals surface area contributed by atoms with Gasteiger partial charge in [0.1, 0.15) is 5.69 Å². The predicted molar refractivity (Wildman–Crippen MR) is 105 cm³/mol. The van der Waals surface area contributed by atoms with Gasteiger partial charge in [0.2, 0.25) is 11.9 Å². The standard InChI is InChI=1S/C20H21N7O/c28-19(25-11-13-26(14-12-25)20-21-9-4-10-22-20)8-7-18-16-27(24-23-18)15-17-5-2-1-3-6-17/h1-10,16H,11-15H2/b8-7+. The van der Waals surface area contributed by atoms with Gasteiger partial charge in [-0.05, 0) is 17.7 Å². The highest BCUT2D eigenvalue weighted by atomic mass is 16.2. The molecular weight excluding hydrogens is 354 g/mol. The van der Waals surface area contributed by atoms with Crippen molar-refractivity contribution in [2.75, 3.05) is 31.1 Å². The topological polar surface area (TPSA) is 80.0 Å². The Morgan fingerprint density at radius 3 is 2.50 bits per heavy atom. The quantitative estimate of drug-likeness (QED) is 0.629. The van der Waals surface area contributed by atoms with Gasteiger partial charge in [-0.25, -0.2) is 14.6 Å². The third-order valence-electron chi connectivity index (χ3n) is 4.57. The van der Waals surface area contributed by atoms with Crippen molar-refractivity contribution in [1.29, 1.82) is 0 Å². The fourth-order valence-electron chi connectivity index (χ4n) is 3.08. The van der Waals surface area contributed by atoms with Crippen molar-refractivity contribution in [3.8, 4) is 0 Å². The molecule has 0 N–H and O–H groups in total. The summed E-state index contributed by atoms with van der Waals surface area (Å²) in [4.78, 5) is 24.9. The van der Waals surface area contributed by atoms with E-state index in [1.807, 2.05) is 41.4 Å². The van der Waals surface area contributed by atoms with Crippen LogP contribution in [-0.4, -0.2) is 61.9 Å². The first-order valence-corrected chi connectivity index (χ1v) is 9.21. The van der Waals surface area contributed by atoms with E-state index < -0.39 is 0 Å². The molecule has 1 amide bonds. The van der Waals surface area contributed by atoms with Gasteiger partial charge in [-0.15, -0.1) is 5.10 Å². The van der Waals surface area contributed by atoms with Gasteiger partial charge in [0.05, 0.1) is 12.7 Å². The van der Waals surface area contributed by atoms with Crippen LogP contribution in [0.1, 0.15) is 11.3 Å². The van der Waals surface area contributed by atoms with E-state index >= 15 is 0 Å². The maximum Gasteiger partial charge on any atom is 0.246 e. The molecule has 1 aliphatic heterocycles. The summed E-state index contributed by atoms with van der Waals surface area (Å²) in [7, 11) is 0. The van der Waals surface area contributed by atoms with Crippen LogP contribution in [0.5, 0.6) is 0 Å². The van der Waals surface area contributed by atoms with Crippen LogP contribution in [0, 0.1) is 0 Å². The Morgan fingerprint density at radius 2 is 1.75 bits per heavy atom. The molecule has 1 aliphatic rings. The Bertz CT molecular complexity index is 931. The van der Waals surface area contributed by atoms with Crippen molar-refractivity contribution in [3.05, 3.63) is 72.3 Å². The van der Waals surface area contributed by atoms with Crippen molar-refractivity contribution in [1.82, 2.24) is 29.9 Å². The predicted octanol–water partition coefficient (Wildman–Crippen LogP) is 1.48. The maximum absolute atomic E-state index is 12.4. The first-order chi connectivity index (χ1) is 13.8. The Hall–Kier alpha value is -3.55. The highest BCUT2D eigenvalue weighted by Gasteiger charge is 2.21. The molecule has 0 aliphatic carbocycles. The van der Waals surface area contributed by atoms with Crippen LogP contribution in [0.2, 0.25) is 0 Å². The zero-order valence-electron chi connectivity index (χ0n) is 15.4. The average Bonchev–Trinajstić information content (AvgIpc) is 3.21. The number of nitrogens with zero attached hydrogens (tertiary/aromatic N) is 7. The van der Waals surface area contributed by atoms with Crippen molar-refractivity contribution in [2.24, 2.45) is 0 Å². The number of anilines is 1. The molecule has 3 aromatic rings. The van der Waals surface area contributed by atoms with Crippen LogP contribution in [0.3, 0.4) is 0 Å². The van der Waals surface area contributed by atoms with Gasteiger partial charge in [-0.2, -0.15) is 0 Å². The summed E-state index contributed by atoms with van der Waals surface area (Å²) in [6.45, 7) is 3.37. The molecule has 2 aromatic heterocycles. The molecule has 1 saturated heterocycles. The van der Waals surface area contributed by atoms with Crippen LogP contribution in [0.4, 0.5) is 5.95 Å². The summed E-state index contributed by atoms with van der Waals surface area (Å²) in [6, 6.07) is 11.9. The van der Waals surface area contributed by atoms with Gasteiger partial charge < -0.3 is 9.80 Å². The van der Waals surface area contributed by atoms with Crippen LogP contribution >= 0.6 is 0 Å². The van der Waals surface area contributed by atoms with E-state index in [1.165, 1.54) is 0 Å². The number of hydrogen-bond acceptors (Lipinski definition) is 6. The van der Waals surface area contributed by atoms with E-state index in [0.29, 0.717) is 31.3 Å². The number of carbonyl (C=O) groups excluding carboxylic acids is 1. The molecule has 0 saturated carbocycles. The van der Waals surface area contributed by atoms with Crippen molar-refractivity contribution in [2.45, 2.75) is 6.54 Å². The first kappa shape index (κ1) is 17.8. The Kier molecular flexibility index (Phi) is 5.37. The second-order valence-corrected chi connectivity index (χ2v) is 6.52. The fraction of sp³-hybridized carbons (Fsp3) is 0.250. The normalized spacial score (nSPS) is 14.6. The zero-order valence-corrected chi connectivity index (χ0v) is 15.4. The van der Waals surface area contributed by atoms with Gasteiger partial charge in [0.15, 0.2) is 0 Å². The van der Waals surface area contributed by atoms with E-state index in [1.54, 1.807) is 35.3 Å². The minimum Gasteiger partial charge on any atom is -0.337 e. The summed E-state index contributed by atoms with van der Waals surface area (Å²) in [5.74, 6) is 0.686. The molecule has 142 valence electrons. The second kappa shape index (κ2) is 8.43. The first-order valence-electron chi connectivity index (χ1n) is 9.21. The number of carbonyl (C=O) groups is 1. The summed E-state index contributed by atoms with van der Waals surface area (Å²) in [5, 5.41) is 8.23. The van der Waals surface area contributed by atoms with Crippen LogP contribution < -0.4 is 4.90 Å². The van der Waals surface area contributed by atoms with Crippen LogP contribution in [0.25, 0.3) is 6.08 Å². The average molecular weight is 375 g/mol. The zero-order chi connectivity index (χ0) is 19.2. The van der Waals surface area contributed by atoms with E-state index in [2.05, 4.69) is 25.2 Å². The summed E-state index contributed by atoms with van der Waals surface area (Å²) < 4.78 is 1.76. The Morgan fingerprint density at radius 1 is 1.00 bits per heavy atom. The number of amides is 1. The SMILES string of the molecule is O=C(/C=C/c1cn(Cc2ccccc2)nn1)N1CCN(c2ncccn2)CC1. The molecule has 0 radical (unpaired) electrons. The lowest BCUT2D eigenvalue weighted by Gasteiger charge is -2.34. The molecule has 1 fully saturated rings. The van der Waals surface area contributed by atoms with Crippen molar-refractivity contribution in [3.63, 3.8) is 0 Å². The lowest BCUT2D eigenvalue weighted by Crippen LogP contribution is -2.48. The second-order valence-electron chi connectivity index (χ2n) is 6.52. The lowest BCUT2D eigenvalue weighted by molar-refractivity contribution is -0.126. The number of rotatable bonds is 5. The number of aromatic nitrogens is 5. The lowest BCUT2D eigenvalue weighted by atomic mass is 10.2. The third-order valence-corrected chi connectivity index (χ3v) is 4.57. The molecule has 0 bridgehead atoms. The molecular formula is C20H21N7O. The molecule has 0 atom stereocenters. The summed E-state index contributed by atoms with van der Waals surface area (Å²) in [5.41, 5.74) is 1.82. The van der Waals surface area contributed by atoms with Gasteiger partial charge in [0.25, 0.3) is 0 Å². The summed E-state index contributed by atoms with van der Waals surface area (Å²) in [6.07, 6.45) is 8.57. The van der Waals surface area contributed by atoms with E-state index in [-0.39, 0.29) is 5.91 Å². The molecule has 0 unspecified atom stereocenters. The van der Waals surface area contributed by atoms with E-state index in [4.69, 9.17) is 0 Å². The van der Waals surface area contributed by atoms with E-state index in [9.17, 15) is 4.79 Å². The number of benzene rings is 1. The minimum atomic E-state index is -0.0220. The summed E-state index contributed by atoms with van der Waals surface area (Å²) >= 11 is 0. The van der Waals surface area contributed by atoms with Crippen LogP contribution in [0.15, 0.2) is 61.1 Å². The van der Waals surface area contributed by atoms with Crippen LogP contribution in [-0.2, 0) is 11.3 Å². The maximum atomic E-state index is 12.4. The fourth-order valence-corrected chi connectivity index (χ4v) is 3.08. The number of hydrogen-bond donors (Lipinski definition) is 0. The third kappa shape index (κ3) is 4.40. The van der Waals surface area contributed by atoms with Gasteiger partial charge in [0, 0.05) is 44.6 Å². The molecule has 4 rings (SSSR count). The molecule has 8 heteroatoms. The largest absolute Gasteiger partial charge is 0.337 e. The monoisotopic (exact) mass is 375 g/mol. The van der Waals surface area contributed by atoms with Crippen molar-refractivity contribution >= 4 is 17.9 Å². The van der Waals surface area contributed by atoms with Gasteiger partial charge in [-0.1, -0.05) is 35.5 Å². The molecule has 8 nitrogen and oxygen atoms in total. The minimum absolute atomic E-state index is 0.0220. The highest BCUT2D eigenvalue weighted by Crippen LogP contribution is 2.10. The van der Waals surface area contributed by atoms with Crippen molar-refractivity contribution < 1.29 is 4.79 Å². The Labute approximate surface area is 163 Å². The molecule has 0 spiro atoms. The molecule has 3 heterocycles. The smallest absolute Gasteiger partial charge is 0.246 e. The van der Waals surface area contributed by atoms with Gasteiger partial charge in [-0.3, -0.25) is 4.79 Å².